The molecule has 1 N–H and O–H groups in total. The zero-order valence-electron chi connectivity index (χ0n) is 10.6. The molecule has 2 aromatic heterocycles. The SMILES string of the molecule is O=C(Nc1cc(-n2cncn2)ncn1)c1ccc(Cl)cc1. The third-order valence-corrected chi connectivity index (χ3v) is 2.91. The second kappa shape index (κ2) is 5.68. The fraction of sp³-hybridized carbons (Fsp3) is 0. The van der Waals surface area contributed by atoms with Gasteiger partial charge < -0.3 is 5.32 Å². The lowest BCUT2D eigenvalue weighted by atomic mass is 10.2. The van der Waals surface area contributed by atoms with E-state index in [1.165, 1.54) is 23.7 Å². The number of carbonyl (C=O) groups is 1. The minimum Gasteiger partial charge on any atom is -0.306 e. The molecule has 1 aromatic carbocycles. The van der Waals surface area contributed by atoms with Gasteiger partial charge in [0.05, 0.1) is 0 Å². The van der Waals surface area contributed by atoms with Crippen LogP contribution in [0.25, 0.3) is 5.82 Å². The molecule has 104 valence electrons. The number of nitrogens with one attached hydrogen (secondary N) is 1. The molecule has 2 heterocycles. The number of anilines is 1. The fourth-order valence-electron chi connectivity index (χ4n) is 1.66. The van der Waals surface area contributed by atoms with Crippen LogP contribution in [0.1, 0.15) is 10.4 Å². The number of amides is 1. The minimum atomic E-state index is -0.282. The highest BCUT2D eigenvalue weighted by atomic mass is 35.5. The number of hydrogen-bond donors (Lipinski definition) is 1. The second-order valence-corrected chi connectivity index (χ2v) is 4.50. The van der Waals surface area contributed by atoms with Gasteiger partial charge in [0, 0.05) is 16.7 Å². The lowest BCUT2D eigenvalue weighted by molar-refractivity contribution is 0.102. The highest BCUT2D eigenvalue weighted by Crippen LogP contribution is 2.12. The first-order valence-corrected chi connectivity index (χ1v) is 6.34. The highest BCUT2D eigenvalue weighted by molar-refractivity contribution is 6.30. The lowest BCUT2D eigenvalue weighted by Crippen LogP contribution is -2.13. The van der Waals surface area contributed by atoms with Crippen LogP contribution in [0.3, 0.4) is 0 Å². The number of benzene rings is 1. The Kier molecular flexibility index (Phi) is 3.57. The van der Waals surface area contributed by atoms with Crippen molar-refractivity contribution < 1.29 is 4.79 Å². The molecule has 0 saturated carbocycles. The van der Waals surface area contributed by atoms with E-state index in [0.717, 1.165) is 0 Å². The van der Waals surface area contributed by atoms with Gasteiger partial charge in [0.15, 0.2) is 5.82 Å². The first-order chi connectivity index (χ1) is 10.2. The Balaban J connectivity index is 1.80. The van der Waals surface area contributed by atoms with E-state index in [0.29, 0.717) is 22.2 Å². The zero-order chi connectivity index (χ0) is 14.7. The van der Waals surface area contributed by atoms with Gasteiger partial charge in [-0.1, -0.05) is 11.6 Å². The first-order valence-electron chi connectivity index (χ1n) is 5.96. The molecule has 0 bridgehead atoms. The molecule has 1 amide bonds. The summed E-state index contributed by atoms with van der Waals surface area (Å²) in [5.74, 6) is 0.597. The van der Waals surface area contributed by atoms with Crippen LogP contribution in [-0.4, -0.2) is 30.6 Å². The van der Waals surface area contributed by atoms with E-state index in [2.05, 4.69) is 25.4 Å². The molecular weight excluding hydrogens is 292 g/mol. The zero-order valence-corrected chi connectivity index (χ0v) is 11.4. The monoisotopic (exact) mass is 300 g/mol. The van der Waals surface area contributed by atoms with E-state index in [1.807, 2.05) is 0 Å². The van der Waals surface area contributed by atoms with E-state index in [-0.39, 0.29) is 5.91 Å². The van der Waals surface area contributed by atoms with Crippen LogP contribution < -0.4 is 5.32 Å². The quantitative estimate of drug-likeness (QED) is 0.799. The summed E-state index contributed by atoms with van der Waals surface area (Å²) in [6.07, 6.45) is 4.25. The maximum Gasteiger partial charge on any atom is 0.256 e. The summed E-state index contributed by atoms with van der Waals surface area (Å²) in [6, 6.07) is 8.17. The standard InChI is InChI=1S/C13H9ClN6O/c14-10-3-1-9(2-4-10)13(21)19-11-5-12(17-7-16-11)20-8-15-6-18-20/h1-8H,(H,16,17,19,21). The predicted molar refractivity (Wildman–Crippen MR) is 76.4 cm³/mol. The van der Waals surface area contributed by atoms with Gasteiger partial charge in [0.25, 0.3) is 5.91 Å². The van der Waals surface area contributed by atoms with Crippen LogP contribution in [0.4, 0.5) is 5.82 Å². The predicted octanol–water partition coefficient (Wildman–Crippen LogP) is 1.96. The Morgan fingerprint density at radius 2 is 1.95 bits per heavy atom. The molecule has 3 aromatic rings. The molecule has 0 aliphatic rings. The molecule has 0 aliphatic heterocycles. The molecule has 0 atom stereocenters. The smallest absolute Gasteiger partial charge is 0.256 e. The minimum absolute atomic E-state index is 0.282. The molecule has 21 heavy (non-hydrogen) atoms. The molecule has 0 saturated heterocycles. The topological polar surface area (TPSA) is 85.6 Å². The van der Waals surface area contributed by atoms with Crippen molar-refractivity contribution in [2.24, 2.45) is 0 Å². The maximum absolute atomic E-state index is 12.1. The highest BCUT2D eigenvalue weighted by Gasteiger charge is 2.08. The van der Waals surface area contributed by atoms with E-state index in [4.69, 9.17) is 11.6 Å². The van der Waals surface area contributed by atoms with Gasteiger partial charge in [-0.15, -0.1) is 0 Å². The van der Waals surface area contributed by atoms with Crippen molar-refractivity contribution >= 4 is 23.3 Å². The molecule has 7 nitrogen and oxygen atoms in total. The van der Waals surface area contributed by atoms with Crippen LogP contribution in [0.2, 0.25) is 5.02 Å². The van der Waals surface area contributed by atoms with Crippen molar-refractivity contribution in [2.75, 3.05) is 5.32 Å². The van der Waals surface area contributed by atoms with E-state index in [9.17, 15) is 4.79 Å². The molecule has 0 radical (unpaired) electrons. The summed E-state index contributed by atoms with van der Waals surface area (Å²) in [5, 5.41) is 7.22. The third kappa shape index (κ3) is 3.03. The molecular formula is C13H9ClN6O. The van der Waals surface area contributed by atoms with Crippen LogP contribution >= 0.6 is 11.6 Å². The number of carbonyl (C=O) groups excluding carboxylic acids is 1. The summed E-state index contributed by atoms with van der Waals surface area (Å²) in [5.41, 5.74) is 0.486. The molecule has 0 aliphatic carbocycles. The Bertz CT molecular complexity index is 757. The van der Waals surface area contributed by atoms with Crippen LogP contribution in [0.15, 0.2) is 49.3 Å². The van der Waals surface area contributed by atoms with Crippen molar-refractivity contribution in [3.05, 3.63) is 59.9 Å². The first kappa shape index (κ1) is 13.2. The van der Waals surface area contributed by atoms with Crippen LogP contribution in [0.5, 0.6) is 0 Å². The van der Waals surface area contributed by atoms with Crippen molar-refractivity contribution in [3.63, 3.8) is 0 Å². The van der Waals surface area contributed by atoms with Crippen LogP contribution in [-0.2, 0) is 0 Å². The van der Waals surface area contributed by atoms with Gasteiger partial charge in [-0.2, -0.15) is 5.10 Å². The average Bonchev–Trinajstić information content (AvgIpc) is 3.02. The number of rotatable bonds is 3. The summed E-state index contributed by atoms with van der Waals surface area (Å²) >= 11 is 5.79. The van der Waals surface area contributed by atoms with Gasteiger partial charge in [-0.05, 0) is 24.3 Å². The van der Waals surface area contributed by atoms with E-state index < -0.39 is 0 Å². The Hall–Kier alpha value is -2.80. The van der Waals surface area contributed by atoms with E-state index >= 15 is 0 Å². The summed E-state index contributed by atoms with van der Waals surface area (Å²) in [7, 11) is 0. The molecule has 0 spiro atoms. The molecule has 3 rings (SSSR count). The molecule has 0 fully saturated rings. The van der Waals surface area contributed by atoms with Gasteiger partial charge >= 0.3 is 0 Å². The third-order valence-electron chi connectivity index (χ3n) is 2.65. The largest absolute Gasteiger partial charge is 0.306 e. The van der Waals surface area contributed by atoms with Gasteiger partial charge in [-0.25, -0.2) is 19.6 Å². The van der Waals surface area contributed by atoms with Crippen molar-refractivity contribution in [1.29, 1.82) is 0 Å². The van der Waals surface area contributed by atoms with Crippen molar-refractivity contribution in [2.45, 2.75) is 0 Å². The number of nitrogens with zero attached hydrogens (tertiary/aromatic N) is 5. The van der Waals surface area contributed by atoms with Gasteiger partial charge in [0.1, 0.15) is 24.8 Å². The van der Waals surface area contributed by atoms with Gasteiger partial charge in [0.2, 0.25) is 0 Å². The Morgan fingerprint density at radius 1 is 1.14 bits per heavy atom. The summed E-state index contributed by atoms with van der Waals surface area (Å²) in [6.45, 7) is 0. The number of aromatic nitrogens is 5. The average molecular weight is 301 g/mol. The van der Waals surface area contributed by atoms with Gasteiger partial charge in [-0.3, -0.25) is 4.79 Å². The number of halogens is 1. The Labute approximate surface area is 124 Å². The summed E-state index contributed by atoms with van der Waals surface area (Å²) < 4.78 is 1.47. The maximum atomic E-state index is 12.1. The molecule has 0 unspecified atom stereocenters. The fourth-order valence-corrected chi connectivity index (χ4v) is 1.78. The molecule has 8 heteroatoms. The normalized spacial score (nSPS) is 10.3. The van der Waals surface area contributed by atoms with E-state index in [1.54, 1.807) is 30.3 Å². The Morgan fingerprint density at radius 3 is 2.67 bits per heavy atom. The lowest BCUT2D eigenvalue weighted by Gasteiger charge is -2.05. The second-order valence-electron chi connectivity index (χ2n) is 4.06. The van der Waals surface area contributed by atoms with Crippen molar-refractivity contribution in [3.8, 4) is 5.82 Å². The van der Waals surface area contributed by atoms with Crippen molar-refractivity contribution in [1.82, 2.24) is 24.7 Å². The summed E-state index contributed by atoms with van der Waals surface area (Å²) in [4.78, 5) is 24.0. The van der Waals surface area contributed by atoms with Crippen LogP contribution in [0, 0.1) is 0 Å². The number of hydrogen-bond acceptors (Lipinski definition) is 5.